The summed E-state index contributed by atoms with van der Waals surface area (Å²) in [5, 5.41) is 3.90. The standard InChI is InChI=1S/C12H12F3IN2O2S/c1-2-18-9-11(8-17-18)16(10-6-4-3-5-7-10)21(19,20)12(13,14)15/h3-9H,2H2,1H3. The van der Waals surface area contributed by atoms with Gasteiger partial charge in [0.05, 0.1) is 0 Å². The summed E-state index contributed by atoms with van der Waals surface area (Å²) in [5.74, 6) is 0. The van der Waals surface area contributed by atoms with E-state index in [4.69, 9.17) is 0 Å². The van der Waals surface area contributed by atoms with Gasteiger partial charge in [-0.05, 0) is 0 Å². The van der Waals surface area contributed by atoms with Crippen molar-refractivity contribution in [2.45, 2.75) is 19.0 Å². The second-order valence-electron chi connectivity index (χ2n) is 3.94. The molecule has 0 aliphatic rings. The first-order chi connectivity index (χ1) is 9.77. The molecule has 4 nitrogen and oxygen atoms in total. The second kappa shape index (κ2) is 5.95. The van der Waals surface area contributed by atoms with E-state index >= 15 is 0 Å². The zero-order valence-electron chi connectivity index (χ0n) is 10.9. The number of halogens is 4. The molecule has 0 aliphatic heterocycles. The number of alkyl halides is 3. The van der Waals surface area contributed by atoms with Crippen LogP contribution in [0, 0.1) is 7.14 Å². The minimum atomic E-state index is -5.26. The van der Waals surface area contributed by atoms with Gasteiger partial charge >= 0.3 is 126 Å². The SMILES string of the molecule is CCn1cc(I(c2ccccc2)S(=O)(=O)C(F)(F)F)cn1. The molecule has 116 valence electrons. The Hall–Kier alpha value is -1.10. The molecule has 0 unspecified atom stereocenters. The van der Waals surface area contributed by atoms with E-state index in [1.807, 2.05) is 0 Å². The van der Waals surface area contributed by atoms with Crippen LogP contribution >= 0.6 is 18.4 Å². The van der Waals surface area contributed by atoms with E-state index < -0.39 is 31.0 Å². The van der Waals surface area contributed by atoms with Crippen LogP contribution in [-0.2, 0) is 13.6 Å². The Labute approximate surface area is 125 Å². The normalized spacial score (nSPS) is 13.2. The predicted octanol–water partition coefficient (Wildman–Crippen LogP) is 3.30. The fourth-order valence-corrected chi connectivity index (χ4v) is 11.7. The molecule has 0 aliphatic carbocycles. The molecule has 21 heavy (non-hydrogen) atoms. The zero-order chi connectivity index (χ0) is 15.7. The maximum atomic E-state index is 13.0. The molecule has 0 bridgehead atoms. The molecule has 1 aromatic heterocycles. The molecule has 2 aromatic rings. The summed E-state index contributed by atoms with van der Waals surface area (Å²) in [5.41, 5.74) is -5.26. The predicted molar refractivity (Wildman–Crippen MR) is 80.7 cm³/mol. The van der Waals surface area contributed by atoms with Gasteiger partial charge in [0.1, 0.15) is 0 Å². The molecule has 0 spiro atoms. The van der Waals surface area contributed by atoms with Crippen molar-refractivity contribution in [2.75, 3.05) is 0 Å². The van der Waals surface area contributed by atoms with Crippen LogP contribution in [-0.4, -0.2) is 23.7 Å². The fraction of sp³-hybridized carbons (Fsp3) is 0.250. The third-order valence-electron chi connectivity index (χ3n) is 2.53. The summed E-state index contributed by atoms with van der Waals surface area (Å²) in [7, 11) is -5.24. The molecule has 0 atom stereocenters. The van der Waals surface area contributed by atoms with E-state index in [0.717, 1.165) is 0 Å². The van der Waals surface area contributed by atoms with Crippen LogP contribution in [0.2, 0.25) is 0 Å². The van der Waals surface area contributed by atoms with Gasteiger partial charge in [0.15, 0.2) is 0 Å². The minimum absolute atomic E-state index is 0.157. The molecule has 2 rings (SSSR count). The van der Waals surface area contributed by atoms with Crippen molar-refractivity contribution >= 4 is 25.4 Å². The molecule has 0 saturated heterocycles. The van der Waals surface area contributed by atoms with E-state index in [0.29, 0.717) is 6.54 Å². The van der Waals surface area contributed by atoms with Gasteiger partial charge in [-0.3, -0.25) is 0 Å². The Balaban J connectivity index is 2.61. The number of aryl methyl sites for hydroxylation is 1. The number of benzene rings is 1. The molecular formula is C12H12F3IN2O2S. The molecule has 0 N–H and O–H groups in total. The topological polar surface area (TPSA) is 52.0 Å². The third-order valence-corrected chi connectivity index (χ3v) is 14.4. The van der Waals surface area contributed by atoms with Crippen LogP contribution < -0.4 is 0 Å². The van der Waals surface area contributed by atoms with Crippen molar-refractivity contribution in [3.8, 4) is 0 Å². The quantitative estimate of drug-likeness (QED) is 0.551. The molecule has 0 saturated carbocycles. The molecular weight excluding hydrogens is 420 g/mol. The van der Waals surface area contributed by atoms with Gasteiger partial charge in [-0.25, -0.2) is 0 Å². The average Bonchev–Trinajstić information content (AvgIpc) is 2.87. The summed E-state index contributed by atoms with van der Waals surface area (Å²) in [6.45, 7) is 2.24. The first-order valence-electron chi connectivity index (χ1n) is 5.86. The van der Waals surface area contributed by atoms with Crippen molar-refractivity contribution in [3.63, 3.8) is 0 Å². The Bertz CT molecular complexity index is 714. The Morgan fingerprint density at radius 3 is 2.29 bits per heavy atom. The summed E-state index contributed by atoms with van der Waals surface area (Å²) in [6.07, 6.45) is 2.62. The van der Waals surface area contributed by atoms with E-state index in [2.05, 4.69) is 5.10 Å². The molecule has 0 fully saturated rings. The van der Waals surface area contributed by atoms with Crippen molar-refractivity contribution in [2.24, 2.45) is 0 Å². The summed E-state index contributed by atoms with van der Waals surface area (Å²) >= 11 is -3.73. The van der Waals surface area contributed by atoms with Gasteiger partial charge in [-0.15, -0.1) is 0 Å². The number of aromatic nitrogens is 2. The van der Waals surface area contributed by atoms with Gasteiger partial charge in [-0.1, -0.05) is 0 Å². The van der Waals surface area contributed by atoms with E-state index in [1.54, 1.807) is 13.0 Å². The van der Waals surface area contributed by atoms with Crippen molar-refractivity contribution in [1.82, 2.24) is 9.78 Å². The van der Waals surface area contributed by atoms with Crippen molar-refractivity contribution in [1.29, 1.82) is 0 Å². The molecule has 1 aromatic carbocycles. The summed E-state index contributed by atoms with van der Waals surface area (Å²) < 4.78 is 64.6. The Morgan fingerprint density at radius 2 is 1.81 bits per heavy atom. The molecule has 0 amide bonds. The monoisotopic (exact) mass is 432 g/mol. The van der Waals surface area contributed by atoms with Gasteiger partial charge < -0.3 is 0 Å². The average molecular weight is 432 g/mol. The molecule has 1 heterocycles. The Kier molecular flexibility index (Phi) is 4.61. The third kappa shape index (κ3) is 3.23. The van der Waals surface area contributed by atoms with Crippen LogP contribution in [0.15, 0.2) is 42.7 Å². The van der Waals surface area contributed by atoms with Crippen molar-refractivity contribution < 1.29 is 21.6 Å². The number of hydrogen-bond donors (Lipinski definition) is 0. The second-order valence-corrected chi connectivity index (χ2v) is 14.7. The van der Waals surface area contributed by atoms with Crippen LogP contribution in [0.5, 0.6) is 0 Å². The zero-order valence-corrected chi connectivity index (χ0v) is 13.9. The number of hydrogen-bond acceptors (Lipinski definition) is 3. The molecule has 9 heteroatoms. The Morgan fingerprint density at radius 1 is 1.19 bits per heavy atom. The first kappa shape index (κ1) is 16.3. The van der Waals surface area contributed by atoms with Gasteiger partial charge in [0, 0.05) is 0 Å². The summed E-state index contributed by atoms with van der Waals surface area (Å²) in [6, 6.07) is 7.56. The van der Waals surface area contributed by atoms with Gasteiger partial charge in [0.25, 0.3) is 0 Å². The first-order valence-corrected chi connectivity index (χ1v) is 12.0. The van der Waals surface area contributed by atoms with E-state index in [1.165, 1.54) is 41.3 Å². The van der Waals surface area contributed by atoms with E-state index in [-0.39, 0.29) is 7.14 Å². The van der Waals surface area contributed by atoms with Crippen LogP contribution in [0.4, 0.5) is 13.2 Å². The molecule has 0 radical (unpaired) electrons. The van der Waals surface area contributed by atoms with E-state index in [9.17, 15) is 21.6 Å². The maximum absolute atomic E-state index is 13.0. The van der Waals surface area contributed by atoms with Crippen LogP contribution in [0.3, 0.4) is 0 Å². The van der Waals surface area contributed by atoms with Crippen LogP contribution in [0.25, 0.3) is 0 Å². The number of nitrogens with zero attached hydrogens (tertiary/aromatic N) is 2. The van der Waals surface area contributed by atoms with Gasteiger partial charge in [0.2, 0.25) is 0 Å². The fourth-order valence-electron chi connectivity index (χ4n) is 1.58. The van der Waals surface area contributed by atoms with Gasteiger partial charge in [-0.2, -0.15) is 0 Å². The summed E-state index contributed by atoms with van der Waals surface area (Å²) in [4.78, 5) is 0. The van der Waals surface area contributed by atoms with Crippen molar-refractivity contribution in [3.05, 3.63) is 49.9 Å². The number of rotatable bonds is 4. The van der Waals surface area contributed by atoms with Crippen LogP contribution in [0.1, 0.15) is 6.92 Å².